The molecule has 1 N–H and O–H groups in total. The smallest absolute Gasteiger partial charge is 0.234 e. The number of ether oxygens (including phenoxy) is 1. The van der Waals surface area contributed by atoms with Crippen molar-refractivity contribution in [3.8, 4) is 22.8 Å². The highest BCUT2D eigenvalue weighted by Gasteiger charge is 2.18. The first kappa shape index (κ1) is 22.4. The van der Waals surface area contributed by atoms with Crippen LogP contribution in [0.1, 0.15) is 0 Å². The molecule has 32 heavy (non-hydrogen) atoms. The van der Waals surface area contributed by atoms with E-state index in [-0.39, 0.29) is 11.7 Å². The predicted octanol–water partition coefficient (Wildman–Crippen LogP) is 6.09. The van der Waals surface area contributed by atoms with Crippen LogP contribution in [0.3, 0.4) is 0 Å². The van der Waals surface area contributed by atoms with Gasteiger partial charge in [-0.2, -0.15) is 0 Å². The summed E-state index contributed by atoms with van der Waals surface area (Å²) in [6, 6.07) is 22.5. The maximum atomic E-state index is 12.5. The van der Waals surface area contributed by atoms with Gasteiger partial charge in [0, 0.05) is 20.7 Å². The molecule has 0 atom stereocenters. The number of anilines is 1. The van der Waals surface area contributed by atoms with Gasteiger partial charge in [-0.15, -0.1) is 10.2 Å². The molecular weight excluding hydrogens is 512 g/mol. The van der Waals surface area contributed by atoms with Crippen molar-refractivity contribution in [3.05, 3.63) is 82.3 Å². The molecule has 4 aromatic rings. The lowest BCUT2D eigenvalue weighted by molar-refractivity contribution is -0.113. The van der Waals surface area contributed by atoms with Crippen LogP contribution in [0.25, 0.3) is 17.1 Å². The summed E-state index contributed by atoms with van der Waals surface area (Å²) in [5.74, 6) is 1.45. The lowest BCUT2D eigenvalue weighted by atomic mass is 10.2. The number of carbonyl (C=O) groups excluding carboxylic acids is 1. The van der Waals surface area contributed by atoms with Crippen LogP contribution in [0, 0.1) is 0 Å². The van der Waals surface area contributed by atoms with Crippen LogP contribution >= 0.6 is 39.3 Å². The maximum Gasteiger partial charge on any atom is 0.234 e. The summed E-state index contributed by atoms with van der Waals surface area (Å²) in [5, 5.41) is 12.9. The average molecular weight is 530 g/mol. The molecule has 1 amide bonds. The normalized spacial score (nSPS) is 10.7. The molecular formula is C23H18BrClN4O2S. The molecule has 1 heterocycles. The molecule has 0 spiro atoms. The standard InChI is InChI=1S/C23H18BrClN4O2S/c1-31-18-12-6-15(7-13-18)22-27-28-23(29(22)17-10-8-16(25)9-11-17)32-14-21(30)26-20-5-3-2-4-19(20)24/h2-13H,14H2,1H3,(H,26,30). The minimum absolute atomic E-state index is 0.140. The van der Waals surface area contributed by atoms with E-state index >= 15 is 0 Å². The number of nitrogens with one attached hydrogen (secondary N) is 1. The van der Waals surface area contributed by atoms with Crippen LogP contribution < -0.4 is 10.1 Å². The second-order valence-electron chi connectivity index (χ2n) is 6.66. The number of para-hydroxylation sites is 1. The molecule has 0 aliphatic carbocycles. The Bertz CT molecular complexity index is 1230. The fourth-order valence-electron chi connectivity index (χ4n) is 2.99. The average Bonchev–Trinajstić information content (AvgIpc) is 3.24. The van der Waals surface area contributed by atoms with E-state index in [1.807, 2.05) is 77.4 Å². The van der Waals surface area contributed by atoms with Gasteiger partial charge >= 0.3 is 0 Å². The van der Waals surface area contributed by atoms with E-state index in [9.17, 15) is 4.79 Å². The number of halogens is 2. The maximum absolute atomic E-state index is 12.5. The molecule has 1 aromatic heterocycles. The first-order chi connectivity index (χ1) is 15.5. The second kappa shape index (κ2) is 10.2. The molecule has 0 unspecified atom stereocenters. The van der Waals surface area contributed by atoms with E-state index in [1.54, 1.807) is 7.11 Å². The summed E-state index contributed by atoms with van der Waals surface area (Å²) in [5.41, 5.74) is 2.44. The van der Waals surface area contributed by atoms with E-state index < -0.39 is 0 Å². The Balaban J connectivity index is 1.61. The monoisotopic (exact) mass is 528 g/mol. The van der Waals surface area contributed by atoms with Crippen LogP contribution in [0.4, 0.5) is 5.69 Å². The minimum atomic E-state index is -0.140. The van der Waals surface area contributed by atoms with Gasteiger partial charge in [0.1, 0.15) is 5.75 Å². The number of thioether (sulfide) groups is 1. The van der Waals surface area contributed by atoms with Crippen molar-refractivity contribution in [2.45, 2.75) is 5.16 Å². The molecule has 0 saturated heterocycles. The van der Waals surface area contributed by atoms with Crippen molar-refractivity contribution < 1.29 is 9.53 Å². The van der Waals surface area contributed by atoms with Gasteiger partial charge in [0.25, 0.3) is 0 Å². The molecule has 0 bridgehead atoms. The summed E-state index contributed by atoms with van der Waals surface area (Å²) >= 11 is 10.8. The number of hydrogen-bond donors (Lipinski definition) is 1. The molecule has 6 nitrogen and oxygen atoms in total. The summed E-state index contributed by atoms with van der Waals surface area (Å²) in [4.78, 5) is 12.5. The van der Waals surface area contributed by atoms with Crippen molar-refractivity contribution in [2.75, 3.05) is 18.2 Å². The quantitative estimate of drug-likeness (QED) is 0.293. The van der Waals surface area contributed by atoms with E-state index in [4.69, 9.17) is 16.3 Å². The number of nitrogens with zero attached hydrogens (tertiary/aromatic N) is 3. The fourth-order valence-corrected chi connectivity index (χ4v) is 4.25. The van der Waals surface area contributed by atoms with Crippen LogP contribution in [-0.4, -0.2) is 33.5 Å². The van der Waals surface area contributed by atoms with Crippen LogP contribution in [0.15, 0.2) is 82.4 Å². The predicted molar refractivity (Wildman–Crippen MR) is 132 cm³/mol. The Kier molecular flexibility index (Phi) is 7.14. The van der Waals surface area contributed by atoms with E-state index in [2.05, 4.69) is 31.4 Å². The molecule has 3 aromatic carbocycles. The number of carbonyl (C=O) groups is 1. The summed E-state index contributed by atoms with van der Waals surface area (Å²) in [6.07, 6.45) is 0. The van der Waals surface area contributed by atoms with Crippen molar-refractivity contribution in [1.82, 2.24) is 14.8 Å². The highest BCUT2D eigenvalue weighted by molar-refractivity contribution is 9.10. The minimum Gasteiger partial charge on any atom is -0.497 e. The Morgan fingerprint density at radius 3 is 2.47 bits per heavy atom. The lowest BCUT2D eigenvalue weighted by Crippen LogP contribution is -2.15. The summed E-state index contributed by atoms with van der Waals surface area (Å²) in [6.45, 7) is 0. The van der Waals surface area contributed by atoms with Crippen LogP contribution in [0.2, 0.25) is 5.02 Å². The van der Waals surface area contributed by atoms with Crippen molar-refractivity contribution in [3.63, 3.8) is 0 Å². The van der Waals surface area contributed by atoms with Gasteiger partial charge in [0.2, 0.25) is 5.91 Å². The first-order valence-electron chi connectivity index (χ1n) is 9.58. The highest BCUT2D eigenvalue weighted by Crippen LogP contribution is 2.30. The van der Waals surface area contributed by atoms with Gasteiger partial charge < -0.3 is 10.1 Å². The number of amides is 1. The van der Waals surface area contributed by atoms with Crippen molar-refractivity contribution in [1.29, 1.82) is 0 Å². The Labute approximate surface area is 203 Å². The zero-order chi connectivity index (χ0) is 22.5. The Hall–Kier alpha value is -2.81. The van der Waals surface area contributed by atoms with Gasteiger partial charge in [-0.1, -0.05) is 35.5 Å². The van der Waals surface area contributed by atoms with Gasteiger partial charge in [0.05, 0.1) is 18.6 Å². The van der Waals surface area contributed by atoms with E-state index in [0.717, 1.165) is 27.2 Å². The fraction of sp³-hybridized carbons (Fsp3) is 0.0870. The zero-order valence-electron chi connectivity index (χ0n) is 17.0. The third kappa shape index (κ3) is 5.15. The Morgan fingerprint density at radius 2 is 1.78 bits per heavy atom. The van der Waals surface area contributed by atoms with Gasteiger partial charge in [-0.05, 0) is 76.6 Å². The molecule has 0 aliphatic rings. The molecule has 0 fully saturated rings. The van der Waals surface area contributed by atoms with Gasteiger partial charge in [-0.3, -0.25) is 9.36 Å². The molecule has 9 heteroatoms. The molecule has 162 valence electrons. The molecule has 4 rings (SSSR count). The number of rotatable bonds is 7. The SMILES string of the molecule is COc1ccc(-c2nnc(SCC(=O)Nc3ccccc3Br)n2-c2ccc(Cl)cc2)cc1. The van der Waals surface area contributed by atoms with Crippen molar-refractivity contribution in [2.24, 2.45) is 0 Å². The van der Waals surface area contributed by atoms with E-state index in [0.29, 0.717) is 16.0 Å². The number of benzene rings is 3. The third-order valence-electron chi connectivity index (χ3n) is 4.55. The summed E-state index contributed by atoms with van der Waals surface area (Å²) in [7, 11) is 1.62. The molecule has 0 radical (unpaired) electrons. The van der Waals surface area contributed by atoms with Gasteiger partial charge in [-0.25, -0.2) is 0 Å². The highest BCUT2D eigenvalue weighted by atomic mass is 79.9. The number of aromatic nitrogens is 3. The lowest BCUT2D eigenvalue weighted by Gasteiger charge is -2.11. The topological polar surface area (TPSA) is 69.0 Å². The van der Waals surface area contributed by atoms with E-state index in [1.165, 1.54) is 11.8 Å². The second-order valence-corrected chi connectivity index (χ2v) is 8.90. The third-order valence-corrected chi connectivity index (χ3v) is 6.42. The first-order valence-corrected chi connectivity index (χ1v) is 11.7. The number of methoxy groups -OCH3 is 1. The summed E-state index contributed by atoms with van der Waals surface area (Å²) < 4.78 is 7.99. The largest absolute Gasteiger partial charge is 0.497 e. The van der Waals surface area contributed by atoms with Gasteiger partial charge in [0.15, 0.2) is 11.0 Å². The van der Waals surface area contributed by atoms with Crippen LogP contribution in [0.5, 0.6) is 5.75 Å². The van der Waals surface area contributed by atoms with Crippen molar-refractivity contribution >= 4 is 50.9 Å². The van der Waals surface area contributed by atoms with Crippen LogP contribution in [-0.2, 0) is 4.79 Å². The Morgan fingerprint density at radius 1 is 1.06 bits per heavy atom. The molecule has 0 saturated carbocycles. The zero-order valence-corrected chi connectivity index (χ0v) is 20.1. The molecule has 0 aliphatic heterocycles. The number of hydrogen-bond acceptors (Lipinski definition) is 5.